The molecule has 3 aromatic rings. The smallest absolute Gasteiger partial charge is 0.213 e. The van der Waals surface area contributed by atoms with E-state index in [1.807, 2.05) is 18.3 Å². The van der Waals surface area contributed by atoms with Crippen LogP contribution in [0.4, 0.5) is 0 Å². The standard InChI is InChI=1S/C13H11N5S2/c19-13-16-11(17-18-13)10-9(7-3-4-7)15-12(20-10)8-2-1-5-14-6-8/h1-2,5-7H,3-4H2,(H2,16,17,18,19). The number of hydrogen-bond acceptors (Lipinski definition) is 5. The third-order valence-electron chi connectivity index (χ3n) is 3.24. The monoisotopic (exact) mass is 301 g/mol. The predicted molar refractivity (Wildman–Crippen MR) is 80.1 cm³/mol. The number of aromatic amines is 2. The van der Waals surface area contributed by atoms with E-state index in [1.54, 1.807) is 17.5 Å². The van der Waals surface area contributed by atoms with Crippen LogP contribution < -0.4 is 0 Å². The number of nitrogens with one attached hydrogen (secondary N) is 2. The lowest BCUT2D eigenvalue weighted by Crippen LogP contribution is -1.86. The molecule has 0 spiro atoms. The Bertz CT molecular complexity index is 798. The second-order valence-corrected chi connectivity index (χ2v) is 6.15. The lowest BCUT2D eigenvalue weighted by molar-refractivity contribution is 1.04. The van der Waals surface area contributed by atoms with Gasteiger partial charge in [-0.05, 0) is 37.2 Å². The highest BCUT2D eigenvalue weighted by atomic mass is 32.1. The zero-order valence-electron chi connectivity index (χ0n) is 10.5. The van der Waals surface area contributed by atoms with Gasteiger partial charge in [0.2, 0.25) is 4.77 Å². The molecule has 1 fully saturated rings. The first kappa shape index (κ1) is 11.9. The van der Waals surface area contributed by atoms with E-state index in [4.69, 9.17) is 17.2 Å². The maximum Gasteiger partial charge on any atom is 0.213 e. The Morgan fingerprint density at radius 2 is 2.15 bits per heavy atom. The molecule has 5 nitrogen and oxygen atoms in total. The van der Waals surface area contributed by atoms with Crippen LogP contribution in [0.15, 0.2) is 24.5 Å². The predicted octanol–water partition coefficient (Wildman–Crippen LogP) is 3.53. The number of pyridine rings is 1. The van der Waals surface area contributed by atoms with Crippen LogP contribution in [0.2, 0.25) is 0 Å². The molecule has 1 saturated carbocycles. The molecule has 1 aliphatic rings. The zero-order chi connectivity index (χ0) is 13.5. The fourth-order valence-electron chi connectivity index (χ4n) is 2.13. The van der Waals surface area contributed by atoms with Crippen molar-refractivity contribution in [1.82, 2.24) is 25.1 Å². The van der Waals surface area contributed by atoms with Gasteiger partial charge in [0.1, 0.15) is 5.01 Å². The van der Waals surface area contributed by atoms with Gasteiger partial charge in [-0.3, -0.25) is 15.2 Å². The van der Waals surface area contributed by atoms with Gasteiger partial charge in [0.05, 0.1) is 10.6 Å². The molecule has 0 radical (unpaired) electrons. The lowest BCUT2D eigenvalue weighted by atomic mass is 10.2. The molecule has 4 rings (SSSR count). The minimum Gasteiger partial charge on any atom is -0.281 e. The van der Waals surface area contributed by atoms with E-state index in [-0.39, 0.29) is 0 Å². The number of hydrogen-bond donors (Lipinski definition) is 2. The Kier molecular flexibility index (Phi) is 2.75. The highest BCUT2D eigenvalue weighted by Gasteiger charge is 2.31. The quantitative estimate of drug-likeness (QED) is 0.726. The molecule has 0 unspecified atom stereocenters. The van der Waals surface area contributed by atoms with E-state index in [0.717, 1.165) is 27.0 Å². The van der Waals surface area contributed by atoms with Crippen LogP contribution in [0.1, 0.15) is 24.5 Å². The number of thiazole rings is 1. The van der Waals surface area contributed by atoms with Crippen LogP contribution >= 0.6 is 23.6 Å². The number of aromatic nitrogens is 5. The molecule has 0 aliphatic heterocycles. The summed E-state index contributed by atoms with van der Waals surface area (Å²) < 4.78 is 0.470. The number of rotatable bonds is 3. The molecule has 0 amide bonds. The maximum absolute atomic E-state index is 5.03. The summed E-state index contributed by atoms with van der Waals surface area (Å²) in [4.78, 5) is 14.4. The van der Waals surface area contributed by atoms with Gasteiger partial charge in [-0.25, -0.2) is 4.98 Å². The van der Waals surface area contributed by atoms with Crippen molar-refractivity contribution in [3.63, 3.8) is 0 Å². The molecule has 2 N–H and O–H groups in total. The fourth-order valence-corrected chi connectivity index (χ4v) is 3.35. The van der Waals surface area contributed by atoms with E-state index in [0.29, 0.717) is 10.7 Å². The van der Waals surface area contributed by atoms with Crippen molar-refractivity contribution in [2.75, 3.05) is 0 Å². The lowest BCUT2D eigenvalue weighted by Gasteiger charge is -1.94. The highest BCUT2D eigenvalue weighted by molar-refractivity contribution is 7.71. The van der Waals surface area contributed by atoms with Crippen molar-refractivity contribution in [2.24, 2.45) is 0 Å². The Morgan fingerprint density at radius 3 is 2.80 bits per heavy atom. The average molecular weight is 301 g/mol. The Morgan fingerprint density at radius 1 is 1.25 bits per heavy atom. The van der Waals surface area contributed by atoms with E-state index >= 15 is 0 Å². The first-order valence-corrected chi connectivity index (χ1v) is 7.60. The molecule has 0 saturated heterocycles. The average Bonchev–Trinajstić information content (AvgIpc) is 3.08. The summed E-state index contributed by atoms with van der Waals surface area (Å²) in [5.41, 5.74) is 2.17. The zero-order valence-corrected chi connectivity index (χ0v) is 12.1. The highest BCUT2D eigenvalue weighted by Crippen LogP contribution is 2.46. The number of H-pyrrole nitrogens is 2. The Balaban J connectivity index is 1.86. The normalized spacial score (nSPS) is 14.6. The van der Waals surface area contributed by atoms with Gasteiger partial charge in [0.15, 0.2) is 5.82 Å². The van der Waals surface area contributed by atoms with Gasteiger partial charge < -0.3 is 0 Å². The summed E-state index contributed by atoms with van der Waals surface area (Å²) in [6, 6.07) is 3.95. The van der Waals surface area contributed by atoms with Crippen molar-refractivity contribution in [1.29, 1.82) is 0 Å². The molecular weight excluding hydrogens is 290 g/mol. The molecular formula is C13H11N5S2. The summed E-state index contributed by atoms with van der Waals surface area (Å²) in [7, 11) is 0. The number of nitrogens with zero attached hydrogens (tertiary/aromatic N) is 3. The van der Waals surface area contributed by atoms with Crippen molar-refractivity contribution >= 4 is 23.6 Å². The first-order chi connectivity index (χ1) is 9.81. The Hall–Kier alpha value is -1.86. The third-order valence-corrected chi connectivity index (χ3v) is 4.56. The molecule has 0 bridgehead atoms. The largest absolute Gasteiger partial charge is 0.281 e. The van der Waals surface area contributed by atoms with E-state index in [1.165, 1.54) is 12.8 Å². The van der Waals surface area contributed by atoms with Crippen molar-refractivity contribution in [3.05, 3.63) is 35.0 Å². The van der Waals surface area contributed by atoms with Crippen LogP contribution in [0.3, 0.4) is 0 Å². The minimum atomic E-state index is 0.470. The molecule has 100 valence electrons. The molecule has 0 aromatic carbocycles. The fraction of sp³-hybridized carbons (Fsp3) is 0.231. The second-order valence-electron chi connectivity index (χ2n) is 4.76. The second kappa shape index (κ2) is 4.60. The van der Waals surface area contributed by atoms with Crippen molar-refractivity contribution < 1.29 is 0 Å². The van der Waals surface area contributed by atoms with Gasteiger partial charge in [0.25, 0.3) is 0 Å². The van der Waals surface area contributed by atoms with Gasteiger partial charge >= 0.3 is 0 Å². The van der Waals surface area contributed by atoms with E-state index < -0.39 is 0 Å². The first-order valence-electron chi connectivity index (χ1n) is 6.37. The molecule has 0 atom stereocenters. The topological polar surface area (TPSA) is 70.2 Å². The van der Waals surface area contributed by atoms with Gasteiger partial charge in [-0.15, -0.1) is 11.3 Å². The third kappa shape index (κ3) is 2.08. The molecule has 3 heterocycles. The van der Waals surface area contributed by atoms with Crippen LogP contribution in [-0.4, -0.2) is 25.1 Å². The summed E-state index contributed by atoms with van der Waals surface area (Å²) in [6.07, 6.45) is 6.01. The summed E-state index contributed by atoms with van der Waals surface area (Å²) in [5.74, 6) is 1.34. The molecule has 3 aromatic heterocycles. The molecule has 7 heteroatoms. The van der Waals surface area contributed by atoms with E-state index in [2.05, 4.69) is 20.2 Å². The van der Waals surface area contributed by atoms with Gasteiger partial charge in [-0.2, -0.15) is 4.98 Å². The molecule has 20 heavy (non-hydrogen) atoms. The SMILES string of the molecule is S=c1nc(-c2sc(-c3cccnc3)nc2C2CC2)[nH][nH]1. The van der Waals surface area contributed by atoms with Crippen molar-refractivity contribution in [3.8, 4) is 21.3 Å². The van der Waals surface area contributed by atoms with Crippen LogP contribution in [-0.2, 0) is 0 Å². The van der Waals surface area contributed by atoms with Crippen molar-refractivity contribution in [2.45, 2.75) is 18.8 Å². The van der Waals surface area contributed by atoms with E-state index in [9.17, 15) is 0 Å². The Labute approximate surface area is 124 Å². The summed E-state index contributed by atoms with van der Waals surface area (Å²) in [5, 5.41) is 6.86. The van der Waals surface area contributed by atoms with Crippen LogP contribution in [0.25, 0.3) is 21.3 Å². The summed E-state index contributed by atoms with van der Waals surface area (Å²) >= 11 is 6.67. The van der Waals surface area contributed by atoms with Gasteiger partial charge in [-0.1, -0.05) is 0 Å². The van der Waals surface area contributed by atoms with Crippen LogP contribution in [0, 0.1) is 4.77 Å². The summed E-state index contributed by atoms with van der Waals surface area (Å²) in [6.45, 7) is 0. The molecule has 1 aliphatic carbocycles. The maximum atomic E-state index is 5.03. The minimum absolute atomic E-state index is 0.470. The van der Waals surface area contributed by atoms with Crippen LogP contribution in [0.5, 0.6) is 0 Å². The van der Waals surface area contributed by atoms with Gasteiger partial charge in [0, 0.05) is 23.9 Å².